The Balaban J connectivity index is 1.39. The van der Waals surface area contributed by atoms with Crippen LogP contribution in [0, 0.1) is 5.92 Å². The molecule has 5 nitrogen and oxygen atoms in total. The molecule has 0 unspecified atom stereocenters. The summed E-state index contributed by atoms with van der Waals surface area (Å²) in [6, 6.07) is 16.6. The normalized spacial score (nSPS) is 23.1. The van der Waals surface area contributed by atoms with Gasteiger partial charge in [-0.25, -0.2) is 4.39 Å². The third-order valence-electron chi connectivity index (χ3n) is 7.84. The van der Waals surface area contributed by atoms with Crippen LogP contribution in [0.3, 0.4) is 0 Å². The predicted molar refractivity (Wildman–Crippen MR) is 139 cm³/mol. The number of aromatic nitrogens is 1. The van der Waals surface area contributed by atoms with Crippen molar-refractivity contribution in [3.63, 3.8) is 0 Å². The fraction of sp³-hybridized carbons (Fsp3) is 0.517. The molecular formula is C29H38FN3O2. The van der Waals surface area contributed by atoms with E-state index in [1.54, 1.807) is 0 Å². The lowest BCUT2D eigenvalue weighted by Crippen LogP contribution is -2.49. The van der Waals surface area contributed by atoms with Gasteiger partial charge in [-0.15, -0.1) is 0 Å². The number of rotatable bonds is 9. The Morgan fingerprint density at radius 1 is 1.14 bits per heavy atom. The second-order valence-corrected chi connectivity index (χ2v) is 10.7. The number of aromatic amines is 1. The molecule has 0 saturated carbocycles. The number of halogens is 1. The largest absolute Gasteiger partial charge is 0.492 e. The van der Waals surface area contributed by atoms with Crippen molar-refractivity contribution in [1.29, 1.82) is 0 Å². The summed E-state index contributed by atoms with van der Waals surface area (Å²) in [5.41, 5.74) is 2.96. The maximum Gasteiger partial charge on any atom is 0.143 e. The van der Waals surface area contributed by atoms with E-state index in [1.165, 1.54) is 37.4 Å². The fourth-order valence-electron chi connectivity index (χ4n) is 5.70. The zero-order valence-corrected chi connectivity index (χ0v) is 21.1. The molecule has 1 aromatic heterocycles. The van der Waals surface area contributed by atoms with Crippen LogP contribution in [0.1, 0.15) is 50.1 Å². The molecule has 2 aliphatic rings. The van der Waals surface area contributed by atoms with E-state index in [2.05, 4.69) is 59.0 Å². The van der Waals surface area contributed by atoms with Crippen LogP contribution in [-0.2, 0) is 6.42 Å². The molecule has 0 bridgehead atoms. The minimum Gasteiger partial charge on any atom is -0.492 e. The van der Waals surface area contributed by atoms with Gasteiger partial charge in [0.15, 0.2) is 0 Å². The topological polar surface area (TPSA) is 51.7 Å². The highest BCUT2D eigenvalue weighted by molar-refractivity contribution is 5.85. The molecule has 2 N–H and O–H groups in total. The summed E-state index contributed by atoms with van der Waals surface area (Å²) < 4.78 is 21.1. The van der Waals surface area contributed by atoms with Gasteiger partial charge < -0.3 is 14.8 Å². The number of alkyl halides is 1. The first-order chi connectivity index (χ1) is 16.9. The summed E-state index contributed by atoms with van der Waals surface area (Å²) in [5.74, 6) is 1.71. The Morgan fingerprint density at radius 2 is 1.89 bits per heavy atom. The van der Waals surface area contributed by atoms with Gasteiger partial charge in [0.2, 0.25) is 0 Å². The first kappa shape index (κ1) is 24.3. The summed E-state index contributed by atoms with van der Waals surface area (Å²) in [7, 11) is 0. The average molecular weight is 480 g/mol. The van der Waals surface area contributed by atoms with E-state index >= 15 is 4.39 Å². The molecule has 0 aliphatic carbocycles. The number of H-pyrrole nitrogens is 1. The smallest absolute Gasteiger partial charge is 0.143 e. The summed E-state index contributed by atoms with van der Waals surface area (Å²) in [4.78, 5) is 8.27. The van der Waals surface area contributed by atoms with Crippen LogP contribution in [0.4, 0.5) is 4.39 Å². The van der Waals surface area contributed by atoms with E-state index in [1.807, 2.05) is 18.2 Å². The van der Waals surface area contributed by atoms with Gasteiger partial charge in [-0.3, -0.25) is 9.80 Å². The second-order valence-electron chi connectivity index (χ2n) is 10.7. The van der Waals surface area contributed by atoms with Crippen LogP contribution >= 0.6 is 0 Å². The number of para-hydroxylation sites is 1. The number of nitrogens with one attached hydrogen (secondary N) is 1. The number of benzene rings is 2. The molecule has 6 heteroatoms. The molecule has 3 heterocycles. The van der Waals surface area contributed by atoms with Gasteiger partial charge in [0.05, 0.1) is 12.6 Å². The van der Waals surface area contributed by atoms with Crippen LogP contribution in [0.25, 0.3) is 10.9 Å². The molecule has 188 valence electrons. The lowest BCUT2D eigenvalue weighted by Gasteiger charge is -2.43. The third-order valence-corrected chi connectivity index (χ3v) is 7.84. The van der Waals surface area contributed by atoms with Crippen molar-refractivity contribution >= 4 is 10.9 Å². The van der Waals surface area contributed by atoms with Gasteiger partial charge in [-0.1, -0.05) is 43.7 Å². The molecule has 3 atom stereocenters. The third kappa shape index (κ3) is 4.97. The van der Waals surface area contributed by atoms with Gasteiger partial charge >= 0.3 is 0 Å². The zero-order valence-electron chi connectivity index (χ0n) is 21.1. The van der Waals surface area contributed by atoms with Crippen LogP contribution in [0.15, 0.2) is 48.5 Å². The lowest BCUT2D eigenvalue weighted by molar-refractivity contribution is 0.0175. The molecule has 5 rings (SSSR count). The minimum absolute atomic E-state index is 0.121. The maximum absolute atomic E-state index is 15.1. The van der Waals surface area contributed by atoms with Crippen molar-refractivity contribution < 1.29 is 14.2 Å². The molecule has 2 aromatic carbocycles. The minimum atomic E-state index is -1.67. The van der Waals surface area contributed by atoms with E-state index in [0.29, 0.717) is 6.61 Å². The quantitative estimate of drug-likeness (QED) is 0.456. The van der Waals surface area contributed by atoms with E-state index in [-0.39, 0.29) is 18.6 Å². The van der Waals surface area contributed by atoms with Crippen LogP contribution in [-0.4, -0.2) is 71.0 Å². The Morgan fingerprint density at radius 3 is 2.60 bits per heavy atom. The lowest BCUT2D eigenvalue weighted by atomic mass is 9.87. The van der Waals surface area contributed by atoms with Crippen LogP contribution in [0.5, 0.6) is 5.75 Å². The number of nitrogens with zero attached hydrogens (tertiary/aromatic N) is 2. The highest BCUT2D eigenvalue weighted by Crippen LogP contribution is 2.42. The van der Waals surface area contributed by atoms with Gasteiger partial charge in [-0.2, -0.15) is 0 Å². The summed E-state index contributed by atoms with van der Waals surface area (Å²) >= 11 is 0. The first-order valence-electron chi connectivity index (χ1n) is 13.0. The molecule has 1 saturated heterocycles. The number of aliphatic hydroxyl groups excluding tert-OH is 1. The van der Waals surface area contributed by atoms with E-state index < -0.39 is 12.3 Å². The zero-order chi connectivity index (χ0) is 24.6. The number of fused-ring (bicyclic) bond motifs is 3. The molecule has 3 aromatic rings. The molecular weight excluding hydrogens is 441 g/mol. The van der Waals surface area contributed by atoms with Crippen molar-refractivity contribution in [2.45, 2.75) is 51.4 Å². The molecule has 0 spiro atoms. The van der Waals surface area contributed by atoms with Crippen LogP contribution in [0.2, 0.25) is 0 Å². The van der Waals surface area contributed by atoms with Gasteiger partial charge in [0.25, 0.3) is 0 Å². The molecule has 1 fully saturated rings. The number of hydrogen-bond acceptors (Lipinski definition) is 4. The average Bonchev–Trinajstić information content (AvgIpc) is 3.19. The van der Waals surface area contributed by atoms with Crippen molar-refractivity contribution in [3.05, 3.63) is 65.4 Å². The number of aliphatic hydroxyl groups is 1. The van der Waals surface area contributed by atoms with Crippen molar-refractivity contribution in [1.82, 2.24) is 14.8 Å². The molecule has 0 amide bonds. The number of likely N-dealkylation sites (tertiary alicyclic amines) is 1. The number of hydrogen-bond donors (Lipinski definition) is 2. The standard InChI is InChI=1S/C29H38FN3O2/c1-4-21-16-32(17-21)13-14-35-23-11-9-22(10-12-23)28-27-25(24-7-5-6-8-26(24)31-27)15-20(2)33(28)18-29(3,30)19-34/h5-12,20-21,28,31,34H,4,13-19H2,1-3H3/t20-,28-,29+/m1/s1. The SMILES string of the molecule is CCC1CN(CCOc2ccc([C@@H]3c4[nH]c5ccccc5c4C[C@@H](C)N3C[C@](C)(F)CO)cc2)C1. The van der Waals surface area contributed by atoms with Crippen molar-refractivity contribution in [2.75, 3.05) is 39.4 Å². The van der Waals surface area contributed by atoms with Gasteiger partial charge in [0.1, 0.15) is 18.0 Å². The Kier molecular flexibility index (Phi) is 6.88. The Bertz CT molecular complexity index is 1140. The van der Waals surface area contributed by atoms with E-state index in [0.717, 1.165) is 41.4 Å². The van der Waals surface area contributed by atoms with Crippen molar-refractivity contribution in [3.8, 4) is 5.75 Å². The van der Waals surface area contributed by atoms with E-state index in [4.69, 9.17) is 4.74 Å². The van der Waals surface area contributed by atoms with Crippen LogP contribution < -0.4 is 4.74 Å². The first-order valence-corrected chi connectivity index (χ1v) is 13.0. The van der Waals surface area contributed by atoms with Crippen molar-refractivity contribution in [2.24, 2.45) is 5.92 Å². The Hall–Kier alpha value is -2.41. The molecule has 0 radical (unpaired) electrons. The van der Waals surface area contributed by atoms with Gasteiger partial charge in [0, 0.05) is 48.8 Å². The predicted octanol–water partition coefficient (Wildman–Crippen LogP) is 4.95. The molecule has 35 heavy (non-hydrogen) atoms. The monoisotopic (exact) mass is 479 g/mol. The summed E-state index contributed by atoms with van der Waals surface area (Å²) in [6.07, 6.45) is 2.10. The summed E-state index contributed by atoms with van der Waals surface area (Å²) in [6.45, 7) is 9.57. The summed E-state index contributed by atoms with van der Waals surface area (Å²) in [5, 5.41) is 10.9. The molecule has 2 aliphatic heterocycles. The maximum atomic E-state index is 15.1. The Labute approximate surface area is 207 Å². The van der Waals surface area contributed by atoms with E-state index in [9.17, 15) is 5.11 Å². The second kappa shape index (κ2) is 9.92. The number of ether oxygens (including phenoxy) is 1. The fourth-order valence-corrected chi connectivity index (χ4v) is 5.70. The van der Waals surface area contributed by atoms with Gasteiger partial charge in [-0.05, 0) is 55.5 Å². The highest BCUT2D eigenvalue weighted by atomic mass is 19.1. The highest BCUT2D eigenvalue weighted by Gasteiger charge is 2.39.